The van der Waals surface area contributed by atoms with Crippen molar-refractivity contribution in [2.45, 2.75) is 51.6 Å². The fraction of sp³-hybridized carbons (Fsp3) is 0.562. The maximum Gasteiger partial charge on any atom is 0.194 e. The van der Waals surface area contributed by atoms with Crippen LogP contribution < -0.4 is 0 Å². The van der Waals surface area contributed by atoms with Crippen molar-refractivity contribution < 1.29 is 9.53 Å². The molecule has 18 heavy (non-hydrogen) atoms. The Kier molecular flexibility index (Phi) is 3.86. The largest absolute Gasteiger partial charge is 0.368 e. The van der Waals surface area contributed by atoms with E-state index in [9.17, 15) is 4.79 Å². The number of carbonyl (C=O) groups excluding carboxylic acids is 1. The molecule has 0 amide bonds. The number of hydrogen-bond acceptors (Lipinski definition) is 2. The Morgan fingerprint density at radius 3 is 2.33 bits per heavy atom. The number of rotatable bonds is 5. The van der Waals surface area contributed by atoms with Crippen LogP contribution >= 0.6 is 0 Å². The molecule has 1 aromatic carbocycles. The van der Waals surface area contributed by atoms with Crippen LogP contribution in [0.15, 0.2) is 24.3 Å². The van der Waals surface area contributed by atoms with Crippen molar-refractivity contribution in [3.63, 3.8) is 0 Å². The molecule has 1 aliphatic carbocycles. The topological polar surface area (TPSA) is 26.3 Å². The van der Waals surface area contributed by atoms with Crippen molar-refractivity contribution >= 4 is 5.78 Å². The van der Waals surface area contributed by atoms with Gasteiger partial charge in [0.1, 0.15) is 5.60 Å². The molecule has 0 aliphatic heterocycles. The fourth-order valence-corrected chi connectivity index (χ4v) is 2.42. The lowest BCUT2D eigenvalue weighted by Gasteiger charge is -2.26. The Bertz CT molecular complexity index is 413. The molecule has 0 saturated heterocycles. The molecule has 2 heteroatoms. The summed E-state index contributed by atoms with van der Waals surface area (Å²) in [5.74, 6) is 0.776. The van der Waals surface area contributed by atoms with Gasteiger partial charge in [-0.25, -0.2) is 0 Å². The minimum Gasteiger partial charge on any atom is -0.368 e. The van der Waals surface area contributed by atoms with Gasteiger partial charge in [-0.05, 0) is 45.1 Å². The summed E-state index contributed by atoms with van der Waals surface area (Å²) in [5.41, 5.74) is 1.38. The first-order valence-electron chi connectivity index (χ1n) is 6.83. The van der Waals surface area contributed by atoms with E-state index in [1.807, 2.05) is 32.9 Å². The molecular formula is C16H22O2. The second-order valence-corrected chi connectivity index (χ2v) is 5.52. The Balaban J connectivity index is 2.11. The van der Waals surface area contributed by atoms with Gasteiger partial charge in [-0.3, -0.25) is 4.79 Å². The summed E-state index contributed by atoms with van der Waals surface area (Å²) in [6.45, 7) is 6.13. The van der Waals surface area contributed by atoms with E-state index in [0.717, 1.165) is 5.56 Å². The summed E-state index contributed by atoms with van der Waals surface area (Å²) < 4.78 is 5.51. The number of hydrogen-bond donors (Lipinski definition) is 0. The highest BCUT2D eigenvalue weighted by Crippen LogP contribution is 2.36. The van der Waals surface area contributed by atoms with Gasteiger partial charge in [-0.15, -0.1) is 0 Å². The van der Waals surface area contributed by atoms with Crippen LogP contribution in [0.2, 0.25) is 0 Å². The summed E-state index contributed by atoms with van der Waals surface area (Å²) in [6.07, 6.45) is 3.91. The van der Waals surface area contributed by atoms with Crippen molar-refractivity contribution in [1.82, 2.24) is 0 Å². The number of ketones is 1. The van der Waals surface area contributed by atoms with Crippen LogP contribution in [0.5, 0.6) is 0 Å². The minimum atomic E-state index is -0.729. The molecule has 0 bridgehead atoms. The average Bonchev–Trinajstić information content (AvgIpc) is 2.27. The maximum atomic E-state index is 12.3. The quantitative estimate of drug-likeness (QED) is 0.735. The SMILES string of the molecule is CCOC(C)(C)C(=O)c1ccc(C2CCC2)cc1. The zero-order chi connectivity index (χ0) is 13.2. The molecule has 1 aliphatic rings. The Hall–Kier alpha value is -1.15. The molecule has 0 spiro atoms. The number of benzene rings is 1. The molecule has 0 aromatic heterocycles. The molecule has 1 aromatic rings. The summed E-state index contributed by atoms with van der Waals surface area (Å²) in [7, 11) is 0. The van der Waals surface area contributed by atoms with Crippen molar-refractivity contribution in [3.8, 4) is 0 Å². The summed E-state index contributed by atoms with van der Waals surface area (Å²) in [5, 5.41) is 0. The van der Waals surface area contributed by atoms with Crippen LogP contribution in [0.3, 0.4) is 0 Å². The lowest BCUT2D eigenvalue weighted by Crippen LogP contribution is -2.35. The zero-order valence-corrected chi connectivity index (χ0v) is 11.5. The molecule has 2 rings (SSSR count). The average molecular weight is 246 g/mol. The lowest BCUT2D eigenvalue weighted by molar-refractivity contribution is 0.00126. The molecule has 2 nitrogen and oxygen atoms in total. The summed E-state index contributed by atoms with van der Waals surface area (Å²) in [6, 6.07) is 8.08. The second kappa shape index (κ2) is 5.23. The third-order valence-electron chi connectivity index (χ3n) is 3.80. The molecule has 98 valence electrons. The second-order valence-electron chi connectivity index (χ2n) is 5.52. The Morgan fingerprint density at radius 1 is 1.28 bits per heavy atom. The number of Topliss-reactive ketones (excluding diaryl/α,β-unsaturated/α-hetero) is 1. The normalized spacial score (nSPS) is 16.4. The van der Waals surface area contributed by atoms with Crippen molar-refractivity contribution in [3.05, 3.63) is 35.4 Å². The van der Waals surface area contributed by atoms with Crippen molar-refractivity contribution in [2.24, 2.45) is 0 Å². The predicted octanol–water partition coefficient (Wildman–Crippen LogP) is 3.95. The molecular weight excluding hydrogens is 224 g/mol. The summed E-state index contributed by atoms with van der Waals surface area (Å²) in [4.78, 5) is 12.3. The van der Waals surface area contributed by atoms with E-state index in [4.69, 9.17) is 4.74 Å². The Labute approximate surface area is 109 Å². The standard InChI is InChI=1S/C16H22O2/c1-4-18-16(2,3)15(17)14-10-8-13(9-11-14)12-6-5-7-12/h8-12H,4-7H2,1-3H3. The first kappa shape index (κ1) is 13.3. The van der Waals surface area contributed by atoms with Crippen molar-refractivity contribution in [2.75, 3.05) is 6.61 Å². The first-order valence-corrected chi connectivity index (χ1v) is 6.83. The maximum absolute atomic E-state index is 12.3. The van der Waals surface area contributed by atoms with E-state index in [1.165, 1.54) is 24.8 Å². The Morgan fingerprint density at radius 2 is 1.89 bits per heavy atom. The molecule has 0 atom stereocenters. The third kappa shape index (κ3) is 2.64. The van der Waals surface area contributed by atoms with Crippen LogP contribution in [0.1, 0.15) is 61.9 Å². The van der Waals surface area contributed by atoms with Crippen LogP contribution in [-0.4, -0.2) is 18.0 Å². The first-order chi connectivity index (χ1) is 8.54. The van der Waals surface area contributed by atoms with E-state index in [0.29, 0.717) is 12.5 Å². The van der Waals surface area contributed by atoms with E-state index < -0.39 is 5.60 Å². The van der Waals surface area contributed by atoms with Gasteiger partial charge in [-0.1, -0.05) is 30.7 Å². The van der Waals surface area contributed by atoms with Gasteiger partial charge in [0.05, 0.1) is 0 Å². The van der Waals surface area contributed by atoms with Crippen molar-refractivity contribution in [1.29, 1.82) is 0 Å². The van der Waals surface area contributed by atoms with Gasteiger partial charge in [0, 0.05) is 12.2 Å². The van der Waals surface area contributed by atoms with Gasteiger partial charge < -0.3 is 4.74 Å². The van der Waals surface area contributed by atoms with E-state index >= 15 is 0 Å². The molecule has 0 unspecified atom stereocenters. The molecule has 0 heterocycles. The van der Waals surface area contributed by atoms with Crippen LogP contribution in [0.25, 0.3) is 0 Å². The third-order valence-corrected chi connectivity index (χ3v) is 3.80. The van der Waals surface area contributed by atoms with E-state index in [-0.39, 0.29) is 5.78 Å². The highest BCUT2D eigenvalue weighted by atomic mass is 16.5. The molecule has 0 N–H and O–H groups in total. The minimum absolute atomic E-state index is 0.0597. The lowest BCUT2D eigenvalue weighted by atomic mass is 9.79. The van der Waals surface area contributed by atoms with Gasteiger partial charge in [0.25, 0.3) is 0 Å². The monoisotopic (exact) mass is 246 g/mol. The van der Waals surface area contributed by atoms with Gasteiger partial charge in [-0.2, -0.15) is 0 Å². The number of carbonyl (C=O) groups is 1. The van der Waals surface area contributed by atoms with Gasteiger partial charge in [0.2, 0.25) is 0 Å². The highest BCUT2D eigenvalue weighted by Gasteiger charge is 2.29. The van der Waals surface area contributed by atoms with Crippen LogP contribution in [-0.2, 0) is 4.74 Å². The summed E-state index contributed by atoms with van der Waals surface area (Å²) >= 11 is 0. The predicted molar refractivity (Wildman–Crippen MR) is 73.1 cm³/mol. The van der Waals surface area contributed by atoms with Crippen LogP contribution in [0.4, 0.5) is 0 Å². The van der Waals surface area contributed by atoms with E-state index in [1.54, 1.807) is 0 Å². The van der Waals surface area contributed by atoms with Crippen LogP contribution in [0, 0.1) is 0 Å². The molecule has 0 radical (unpaired) electrons. The fourth-order valence-electron chi connectivity index (χ4n) is 2.42. The smallest absolute Gasteiger partial charge is 0.194 e. The molecule has 1 fully saturated rings. The highest BCUT2D eigenvalue weighted by molar-refractivity contribution is 6.02. The number of ether oxygens (including phenoxy) is 1. The molecule has 1 saturated carbocycles. The van der Waals surface area contributed by atoms with Gasteiger partial charge >= 0.3 is 0 Å². The van der Waals surface area contributed by atoms with E-state index in [2.05, 4.69) is 12.1 Å². The zero-order valence-electron chi connectivity index (χ0n) is 11.5. The van der Waals surface area contributed by atoms with Gasteiger partial charge in [0.15, 0.2) is 5.78 Å².